The topological polar surface area (TPSA) is 59.1 Å². The minimum absolute atomic E-state index is 0.197. The number of hydrogen-bond donors (Lipinski definition) is 2. The molecule has 0 saturated carbocycles. The Bertz CT molecular complexity index is 299. The highest BCUT2D eigenvalue weighted by Crippen LogP contribution is 2.34. The van der Waals surface area contributed by atoms with E-state index in [1.54, 1.807) is 0 Å². The number of nitrogens with zero attached hydrogens (tertiary/aromatic N) is 1. The first-order valence-electron chi connectivity index (χ1n) is 3.86. The van der Waals surface area contributed by atoms with Crippen LogP contribution in [0.2, 0.25) is 0 Å². The van der Waals surface area contributed by atoms with Gasteiger partial charge in [0, 0.05) is 6.20 Å². The fraction of sp³-hybridized carbons (Fsp3) is 0.571. The number of alkyl halides is 3. The normalized spacial score (nSPS) is 14.4. The van der Waals surface area contributed by atoms with Gasteiger partial charge in [-0.3, -0.25) is 0 Å². The molecule has 3 N–H and O–H groups in total. The second-order valence-corrected chi connectivity index (χ2v) is 3.72. The van der Waals surface area contributed by atoms with Gasteiger partial charge in [-0.1, -0.05) is 0 Å². The lowest BCUT2D eigenvalue weighted by Crippen LogP contribution is -2.05. The van der Waals surface area contributed by atoms with Crippen LogP contribution >= 0.6 is 11.3 Å². The van der Waals surface area contributed by atoms with Gasteiger partial charge in [0.15, 0.2) is 5.01 Å². The van der Waals surface area contributed by atoms with Gasteiger partial charge in [-0.15, -0.1) is 11.3 Å². The summed E-state index contributed by atoms with van der Waals surface area (Å²) in [5, 5.41) is 8.38. The monoisotopic (exact) mass is 226 g/mol. The van der Waals surface area contributed by atoms with E-state index in [1.807, 2.05) is 0 Å². The molecule has 0 aromatic carbocycles. The van der Waals surface area contributed by atoms with Crippen LogP contribution in [0.1, 0.15) is 22.4 Å². The van der Waals surface area contributed by atoms with Crippen molar-refractivity contribution in [2.24, 2.45) is 5.73 Å². The van der Waals surface area contributed by atoms with E-state index in [4.69, 9.17) is 5.73 Å². The Morgan fingerprint density at radius 2 is 2.21 bits per heavy atom. The van der Waals surface area contributed by atoms with Gasteiger partial charge in [0.2, 0.25) is 0 Å². The summed E-state index contributed by atoms with van der Waals surface area (Å²) in [7, 11) is 0. The molecule has 0 radical (unpaired) electrons. The van der Waals surface area contributed by atoms with E-state index in [-0.39, 0.29) is 17.8 Å². The Morgan fingerprint density at radius 1 is 1.57 bits per heavy atom. The molecule has 3 nitrogen and oxygen atoms in total. The molecule has 0 bridgehead atoms. The molecular weight excluding hydrogens is 217 g/mol. The summed E-state index contributed by atoms with van der Waals surface area (Å²) in [6.07, 6.45) is -4.12. The molecular formula is C7H9F3N2OS. The third-order valence-electron chi connectivity index (χ3n) is 1.53. The zero-order chi connectivity index (χ0) is 10.8. The Kier molecular flexibility index (Phi) is 3.46. The van der Waals surface area contributed by atoms with E-state index in [0.29, 0.717) is 11.3 Å². The van der Waals surface area contributed by atoms with E-state index < -0.39 is 17.3 Å². The zero-order valence-corrected chi connectivity index (χ0v) is 7.90. The molecule has 1 aromatic heterocycles. The molecule has 0 saturated heterocycles. The number of aromatic nitrogens is 1. The second-order valence-electron chi connectivity index (χ2n) is 2.66. The summed E-state index contributed by atoms with van der Waals surface area (Å²) in [6.45, 7) is 0.223. The van der Waals surface area contributed by atoms with Crippen LogP contribution < -0.4 is 5.73 Å². The van der Waals surface area contributed by atoms with Crippen LogP contribution in [0.3, 0.4) is 0 Å². The van der Waals surface area contributed by atoms with Crippen molar-refractivity contribution in [2.45, 2.75) is 18.7 Å². The van der Waals surface area contributed by atoms with E-state index in [2.05, 4.69) is 4.98 Å². The van der Waals surface area contributed by atoms with Crippen LogP contribution in [0, 0.1) is 0 Å². The number of aliphatic hydroxyl groups is 1. The first-order chi connectivity index (χ1) is 6.45. The zero-order valence-electron chi connectivity index (χ0n) is 7.08. The number of nitrogens with two attached hydrogens (primary N) is 1. The number of rotatable bonds is 3. The van der Waals surface area contributed by atoms with Crippen LogP contribution in [0.5, 0.6) is 0 Å². The predicted octanol–water partition coefficient (Wildman–Crippen LogP) is 1.54. The molecule has 0 aliphatic heterocycles. The number of hydrogen-bond acceptors (Lipinski definition) is 4. The van der Waals surface area contributed by atoms with Crippen molar-refractivity contribution in [1.29, 1.82) is 0 Å². The Labute approximate surface area is 82.4 Å². The van der Waals surface area contributed by atoms with Crippen molar-refractivity contribution in [2.75, 3.05) is 6.54 Å². The Balaban J connectivity index is 2.78. The number of halogens is 3. The Morgan fingerprint density at radius 3 is 2.64 bits per heavy atom. The maximum Gasteiger partial charge on any atom is 0.443 e. The van der Waals surface area contributed by atoms with Gasteiger partial charge >= 0.3 is 6.18 Å². The van der Waals surface area contributed by atoms with E-state index in [9.17, 15) is 18.3 Å². The van der Waals surface area contributed by atoms with Crippen LogP contribution in [0.15, 0.2) is 6.20 Å². The van der Waals surface area contributed by atoms with Crippen molar-refractivity contribution in [3.63, 3.8) is 0 Å². The third kappa shape index (κ3) is 2.66. The highest BCUT2D eigenvalue weighted by molar-refractivity contribution is 7.11. The van der Waals surface area contributed by atoms with Crippen molar-refractivity contribution < 1.29 is 18.3 Å². The quantitative estimate of drug-likeness (QED) is 0.822. The smallest absolute Gasteiger partial charge is 0.387 e. The molecule has 1 atom stereocenters. The lowest BCUT2D eigenvalue weighted by Gasteiger charge is -2.04. The van der Waals surface area contributed by atoms with Crippen LogP contribution in [0.4, 0.5) is 13.2 Å². The Hall–Kier alpha value is -0.660. The molecule has 0 spiro atoms. The lowest BCUT2D eigenvalue weighted by molar-refractivity contribution is -0.137. The molecule has 0 aliphatic carbocycles. The summed E-state index contributed by atoms with van der Waals surface area (Å²) in [4.78, 5) is 3.38. The van der Waals surface area contributed by atoms with Crippen molar-refractivity contribution >= 4 is 11.3 Å². The largest absolute Gasteiger partial charge is 0.443 e. The number of thiazole rings is 1. The summed E-state index contributed by atoms with van der Waals surface area (Å²) in [6, 6.07) is 0. The molecule has 1 unspecified atom stereocenters. The molecule has 1 heterocycles. The molecule has 7 heteroatoms. The van der Waals surface area contributed by atoms with Crippen molar-refractivity contribution in [3.8, 4) is 0 Å². The molecule has 1 rings (SSSR count). The van der Waals surface area contributed by atoms with Gasteiger partial charge in [0.25, 0.3) is 0 Å². The van der Waals surface area contributed by atoms with Crippen LogP contribution in [-0.4, -0.2) is 16.6 Å². The van der Waals surface area contributed by atoms with Gasteiger partial charge in [-0.2, -0.15) is 13.2 Å². The first kappa shape index (κ1) is 11.4. The second kappa shape index (κ2) is 4.24. The maximum atomic E-state index is 12.1. The highest BCUT2D eigenvalue weighted by atomic mass is 32.1. The fourth-order valence-electron chi connectivity index (χ4n) is 0.872. The van der Waals surface area contributed by atoms with E-state index >= 15 is 0 Å². The van der Waals surface area contributed by atoms with Crippen molar-refractivity contribution in [3.05, 3.63) is 16.1 Å². The van der Waals surface area contributed by atoms with Crippen LogP contribution in [-0.2, 0) is 6.18 Å². The molecule has 0 fully saturated rings. The minimum Gasteiger partial charge on any atom is -0.387 e. The SMILES string of the molecule is NCCC(O)c1cnc(C(F)(F)F)s1. The average Bonchev–Trinajstić information content (AvgIpc) is 2.51. The van der Waals surface area contributed by atoms with Crippen LogP contribution in [0.25, 0.3) is 0 Å². The first-order valence-corrected chi connectivity index (χ1v) is 4.68. The minimum atomic E-state index is -4.44. The molecule has 14 heavy (non-hydrogen) atoms. The van der Waals surface area contributed by atoms with Crippen molar-refractivity contribution in [1.82, 2.24) is 4.98 Å². The standard InChI is InChI=1S/C7H9F3N2OS/c8-7(9,10)6-12-3-5(14-6)4(13)1-2-11/h3-4,13H,1-2,11H2. The number of aliphatic hydroxyl groups excluding tert-OH is 1. The fourth-order valence-corrected chi connectivity index (χ4v) is 1.68. The molecule has 1 aromatic rings. The third-order valence-corrected chi connectivity index (χ3v) is 2.68. The summed E-state index contributed by atoms with van der Waals surface area (Å²) in [5.74, 6) is 0. The van der Waals surface area contributed by atoms with Gasteiger partial charge in [-0.25, -0.2) is 4.98 Å². The van der Waals surface area contributed by atoms with E-state index in [1.165, 1.54) is 0 Å². The van der Waals surface area contributed by atoms with Gasteiger partial charge in [0.1, 0.15) is 0 Å². The predicted molar refractivity (Wildman–Crippen MR) is 45.7 cm³/mol. The lowest BCUT2D eigenvalue weighted by atomic mass is 10.2. The molecule has 0 aliphatic rings. The summed E-state index contributed by atoms with van der Waals surface area (Å²) < 4.78 is 36.3. The van der Waals surface area contributed by atoms with E-state index in [0.717, 1.165) is 6.20 Å². The summed E-state index contributed by atoms with van der Waals surface area (Å²) in [5.41, 5.74) is 5.16. The average molecular weight is 226 g/mol. The van der Waals surface area contributed by atoms with Gasteiger partial charge in [-0.05, 0) is 13.0 Å². The molecule has 0 amide bonds. The van der Waals surface area contributed by atoms with Gasteiger partial charge in [0.05, 0.1) is 11.0 Å². The highest BCUT2D eigenvalue weighted by Gasteiger charge is 2.35. The summed E-state index contributed by atoms with van der Waals surface area (Å²) >= 11 is 0.446. The maximum absolute atomic E-state index is 12.1. The van der Waals surface area contributed by atoms with Gasteiger partial charge < -0.3 is 10.8 Å². The molecule has 80 valence electrons.